The van der Waals surface area contributed by atoms with Gasteiger partial charge in [-0.25, -0.2) is 0 Å². The number of rotatable bonds is 19. The number of hydrogen-bond donors (Lipinski definition) is 0. The maximum Gasteiger partial charge on any atom is 0.500 e. The van der Waals surface area contributed by atoms with Gasteiger partial charge in [-0.1, -0.05) is 21.6 Å². The Labute approximate surface area is 183 Å². The molecule has 0 fully saturated rings. The van der Waals surface area contributed by atoms with Crippen LogP contribution in [0.15, 0.2) is 0 Å². The van der Waals surface area contributed by atoms with E-state index < -0.39 is 17.6 Å². The van der Waals surface area contributed by atoms with E-state index in [0.29, 0.717) is 0 Å². The molecule has 0 radical (unpaired) electrons. The third kappa shape index (κ3) is 12.1. The molecule has 0 aromatic carbocycles. The Morgan fingerprint density at radius 3 is 1.08 bits per heavy atom. The molecule has 0 aliphatic heterocycles. The average Bonchev–Trinajstić information content (AvgIpc) is 2.69. The van der Waals surface area contributed by atoms with Crippen molar-refractivity contribution in [3.05, 3.63) is 0 Å². The molecule has 0 aliphatic carbocycles. The van der Waals surface area contributed by atoms with Crippen molar-refractivity contribution in [3.8, 4) is 0 Å². The first-order chi connectivity index (χ1) is 12.6. The molecule has 0 unspecified atom stereocenters. The van der Waals surface area contributed by atoms with Crippen molar-refractivity contribution < 1.29 is 26.6 Å². The first-order valence-electron chi connectivity index (χ1n) is 7.79. The summed E-state index contributed by atoms with van der Waals surface area (Å²) in [5.41, 5.74) is 0. The fourth-order valence-corrected chi connectivity index (χ4v) is 17.5. The topological polar surface area (TPSA) is 55.4 Å². The van der Waals surface area contributed by atoms with E-state index in [-0.39, 0.29) is 0 Å². The van der Waals surface area contributed by atoms with Gasteiger partial charge in [-0.2, -0.15) is 0 Å². The molecule has 0 heterocycles. The summed E-state index contributed by atoms with van der Waals surface area (Å²) in [4.78, 5) is 0. The highest BCUT2D eigenvalue weighted by molar-refractivity contribution is 9.41. The van der Waals surface area contributed by atoms with Gasteiger partial charge in [0.1, 0.15) is 0 Å². The molecule has 6 nitrogen and oxygen atoms in total. The zero-order valence-corrected chi connectivity index (χ0v) is 23.0. The summed E-state index contributed by atoms with van der Waals surface area (Å²) in [6.07, 6.45) is 2.05. The van der Waals surface area contributed by atoms with E-state index in [0.717, 1.165) is 36.4 Å². The molecule has 0 aromatic heterocycles. The summed E-state index contributed by atoms with van der Waals surface area (Å²) in [7, 11) is 16.1. The molecule has 14 heteroatoms. The first-order valence-corrected chi connectivity index (χ1v) is 19.5. The largest absolute Gasteiger partial charge is 0.500 e. The molecule has 0 aliphatic rings. The molecule has 0 amide bonds. The third-order valence-electron chi connectivity index (χ3n) is 3.47. The SMILES string of the molecule is CO[Si](CCCSSSSSSCCC[Si](OC)(OC)OC)(OC)OC. The lowest BCUT2D eigenvalue weighted by atomic mass is 10.6. The van der Waals surface area contributed by atoms with Crippen LogP contribution in [0.2, 0.25) is 12.1 Å². The Morgan fingerprint density at radius 1 is 0.500 bits per heavy atom. The van der Waals surface area contributed by atoms with E-state index in [1.54, 1.807) is 62.3 Å². The van der Waals surface area contributed by atoms with Crippen molar-refractivity contribution in [2.24, 2.45) is 0 Å². The smallest absolute Gasteiger partial charge is 0.377 e. The first kappa shape index (κ1) is 28.3. The third-order valence-corrected chi connectivity index (χ3v) is 20.2. The lowest BCUT2D eigenvalue weighted by Gasteiger charge is -2.24. The van der Waals surface area contributed by atoms with E-state index in [4.69, 9.17) is 26.6 Å². The highest BCUT2D eigenvalue weighted by Gasteiger charge is 2.37. The molecule has 0 bridgehead atoms. The van der Waals surface area contributed by atoms with Gasteiger partial charge >= 0.3 is 17.6 Å². The van der Waals surface area contributed by atoms with Crippen molar-refractivity contribution in [2.45, 2.75) is 24.9 Å². The van der Waals surface area contributed by atoms with Crippen LogP contribution in [0, 0.1) is 0 Å². The van der Waals surface area contributed by atoms with Gasteiger partial charge in [0.15, 0.2) is 0 Å². The van der Waals surface area contributed by atoms with Gasteiger partial charge in [0, 0.05) is 66.3 Å². The van der Waals surface area contributed by atoms with Crippen molar-refractivity contribution in [1.82, 2.24) is 0 Å². The standard InChI is InChI=1S/C12H30O6S6Si2/c1-13-25(14-2,15-3)11-7-9-19-21-23-24-22-20-10-8-12-26(16-4,17-5)18-6/h7-12H2,1-6H3. The molecule has 0 N–H and O–H groups in total. The van der Waals surface area contributed by atoms with Crippen LogP contribution in [0.3, 0.4) is 0 Å². The van der Waals surface area contributed by atoms with Gasteiger partial charge < -0.3 is 26.6 Å². The second-order valence-corrected chi connectivity index (χ2v) is 20.7. The Balaban J connectivity index is 3.50. The maximum atomic E-state index is 5.41. The van der Waals surface area contributed by atoms with Gasteiger partial charge in [-0.05, 0) is 52.1 Å². The normalized spacial score (nSPS) is 12.7. The van der Waals surface area contributed by atoms with E-state index >= 15 is 0 Å². The molecule has 158 valence electrons. The molecule has 0 saturated carbocycles. The minimum absolute atomic E-state index is 0.849. The van der Waals surface area contributed by atoms with Gasteiger partial charge in [-0.3, -0.25) is 0 Å². The number of hydrogen-bond acceptors (Lipinski definition) is 12. The fourth-order valence-electron chi connectivity index (χ4n) is 1.94. The summed E-state index contributed by atoms with van der Waals surface area (Å²) >= 11 is 0. The predicted molar refractivity (Wildman–Crippen MR) is 128 cm³/mol. The van der Waals surface area contributed by atoms with Crippen LogP contribution in [0.4, 0.5) is 0 Å². The van der Waals surface area contributed by atoms with E-state index in [1.807, 2.05) is 41.2 Å². The minimum Gasteiger partial charge on any atom is -0.377 e. The van der Waals surface area contributed by atoms with Crippen LogP contribution in [0.25, 0.3) is 0 Å². The molecular weight excluding hydrogens is 489 g/mol. The van der Waals surface area contributed by atoms with Gasteiger partial charge in [0.2, 0.25) is 0 Å². The zero-order valence-electron chi connectivity index (χ0n) is 16.1. The molecule has 0 spiro atoms. The highest BCUT2D eigenvalue weighted by atomic mass is 33.9. The van der Waals surface area contributed by atoms with Crippen molar-refractivity contribution in [1.29, 1.82) is 0 Å². The van der Waals surface area contributed by atoms with Crippen LogP contribution in [0.1, 0.15) is 12.8 Å². The summed E-state index contributed by atoms with van der Waals surface area (Å²) in [6.45, 7) is 0. The summed E-state index contributed by atoms with van der Waals surface area (Å²) < 4.78 is 32.5. The van der Waals surface area contributed by atoms with Crippen LogP contribution in [-0.4, -0.2) is 71.8 Å². The van der Waals surface area contributed by atoms with E-state index in [1.165, 1.54) is 0 Å². The molecule has 0 aromatic rings. The van der Waals surface area contributed by atoms with E-state index in [9.17, 15) is 0 Å². The monoisotopic (exact) mass is 518 g/mol. The lowest BCUT2D eigenvalue weighted by Crippen LogP contribution is -2.42. The van der Waals surface area contributed by atoms with Crippen LogP contribution >= 0.6 is 60.9 Å². The minimum atomic E-state index is -2.40. The quantitative estimate of drug-likeness (QED) is 0.123. The Hall–Kier alpha value is 2.29. The van der Waals surface area contributed by atoms with Crippen molar-refractivity contribution in [3.63, 3.8) is 0 Å². The van der Waals surface area contributed by atoms with Crippen molar-refractivity contribution in [2.75, 3.05) is 54.2 Å². The van der Waals surface area contributed by atoms with Gasteiger partial charge in [-0.15, -0.1) is 0 Å². The van der Waals surface area contributed by atoms with Gasteiger partial charge in [0.05, 0.1) is 0 Å². The molecule has 0 atom stereocenters. The van der Waals surface area contributed by atoms with Gasteiger partial charge in [0.25, 0.3) is 0 Å². The highest BCUT2D eigenvalue weighted by Crippen LogP contribution is 2.52. The summed E-state index contributed by atoms with van der Waals surface area (Å²) in [6, 6.07) is 1.70. The second-order valence-electron chi connectivity index (χ2n) is 4.71. The maximum absolute atomic E-state index is 5.41. The van der Waals surface area contributed by atoms with Crippen LogP contribution < -0.4 is 0 Å². The molecule has 0 saturated heterocycles. The van der Waals surface area contributed by atoms with E-state index in [2.05, 4.69) is 0 Å². The van der Waals surface area contributed by atoms with Crippen LogP contribution in [0.5, 0.6) is 0 Å². The predicted octanol–water partition coefficient (Wildman–Crippen LogP) is 5.50. The molecular formula is C12H30O6S6Si2. The summed E-state index contributed by atoms with van der Waals surface area (Å²) in [5.74, 6) is 2.11. The zero-order chi connectivity index (χ0) is 19.7. The molecule has 0 rings (SSSR count). The Bertz CT molecular complexity index is 282. The fraction of sp³-hybridized carbons (Fsp3) is 1.00. The second kappa shape index (κ2) is 18.1. The Morgan fingerprint density at radius 2 is 0.808 bits per heavy atom. The average molecular weight is 519 g/mol. The van der Waals surface area contributed by atoms with Crippen molar-refractivity contribution >= 4 is 78.5 Å². The van der Waals surface area contributed by atoms with Crippen LogP contribution in [-0.2, 0) is 26.6 Å². The lowest BCUT2D eigenvalue weighted by molar-refractivity contribution is 0.123. The summed E-state index contributed by atoms with van der Waals surface area (Å²) in [5, 5.41) is 0. The Kier molecular flexibility index (Phi) is 19.7. The molecule has 26 heavy (non-hydrogen) atoms.